The van der Waals surface area contributed by atoms with E-state index in [4.69, 9.17) is 0 Å². The van der Waals surface area contributed by atoms with E-state index in [2.05, 4.69) is 331 Å². The Kier molecular flexibility index (Phi) is 10.0. The van der Waals surface area contributed by atoms with Crippen LogP contribution in [0.3, 0.4) is 0 Å². The van der Waals surface area contributed by atoms with Crippen molar-refractivity contribution < 1.29 is 0 Å². The number of benzene rings is 13. The standard InChI is InChI=1S/C90H66N2/c1-86(2)71-31-15-8-23-61(71)66-42-39-54(48-79(66)86)91-56-41-44-68-63-25-10-18-34-74(63)89(7,81(68)50-56)83-52-59(51-82-85(83)69-28-13-17-33-73(69)88(82,5)6)92(55-40-43-67-62-24-9-16-32-72(62)87(3,4)80(67)49-55)58-46-53(45-57(91)47-58)60-30-22-38-78-84(60)70-29-14-21-37-77(70)90(78)75-35-19-11-26-64(75)65-27-12-20-36-76(65)90/h8-52H,1-7H3. The summed E-state index contributed by atoms with van der Waals surface area (Å²) in [4.78, 5) is 5.26. The third kappa shape index (κ3) is 6.35. The molecule has 0 saturated carbocycles. The molecule has 6 aliphatic carbocycles. The molecule has 0 saturated heterocycles. The van der Waals surface area contributed by atoms with Gasteiger partial charge in [-0.25, -0.2) is 0 Å². The minimum atomic E-state index is -0.570. The molecule has 2 nitrogen and oxygen atoms in total. The smallest absolute Gasteiger partial charge is 0.0725 e. The zero-order valence-electron chi connectivity index (χ0n) is 52.9. The van der Waals surface area contributed by atoms with Crippen LogP contribution in [-0.4, -0.2) is 0 Å². The molecule has 1 heterocycles. The van der Waals surface area contributed by atoms with Crippen LogP contribution in [0.15, 0.2) is 273 Å². The first-order valence-corrected chi connectivity index (χ1v) is 33.0. The third-order valence-corrected chi connectivity index (χ3v) is 23.4. The summed E-state index contributed by atoms with van der Waals surface area (Å²) in [6.45, 7) is 17.1. The van der Waals surface area contributed by atoms with E-state index in [0.29, 0.717) is 0 Å². The first-order valence-electron chi connectivity index (χ1n) is 33.0. The molecule has 2 heteroatoms. The SMILES string of the molecule is CC1(C)c2ccccc2-c2ccc(N3c4cc(-c5cccc6c5-c5ccccc5C65c6ccccc6-c6ccccc65)cc(c4)N(c4ccc5c(c4)C(C)(C)c4ccccc4-5)c4cc5c(c(c4)C4(C)c6ccccc6-c6ccc3cc64)-c3ccccc3C5(C)C)cc21. The van der Waals surface area contributed by atoms with Crippen LogP contribution >= 0.6 is 0 Å². The van der Waals surface area contributed by atoms with Crippen LogP contribution in [0.1, 0.15) is 121 Å². The van der Waals surface area contributed by atoms with Gasteiger partial charge in [-0.15, -0.1) is 0 Å². The maximum atomic E-state index is 2.65. The van der Waals surface area contributed by atoms with Crippen LogP contribution in [0.4, 0.5) is 34.1 Å². The molecule has 1 atom stereocenters. The fourth-order valence-corrected chi connectivity index (χ4v) is 19.2. The van der Waals surface area contributed by atoms with Gasteiger partial charge in [0.1, 0.15) is 0 Å². The predicted octanol–water partition coefficient (Wildman–Crippen LogP) is 23.2. The highest BCUT2D eigenvalue weighted by atomic mass is 15.2. The van der Waals surface area contributed by atoms with Gasteiger partial charge in [0.05, 0.1) is 5.41 Å². The quantitative estimate of drug-likeness (QED) is 0.174. The number of hydrogen-bond acceptors (Lipinski definition) is 2. The molecule has 6 bridgehead atoms. The van der Waals surface area contributed by atoms with Crippen molar-refractivity contribution in [1.29, 1.82) is 0 Å². The van der Waals surface area contributed by atoms with Crippen molar-refractivity contribution in [3.63, 3.8) is 0 Å². The van der Waals surface area contributed by atoms with Crippen molar-refractivity contribution in [1.82, 2.24) is 0 Å². The summed E-state index contributed by atoms with van der Waals surface area (Å²) >= 11 is 0. The Labute approximate surface area is 539 Å². The van der Waals surface area contributed by atoms with Gasteiger partial charge in [-0.2, -0.15) is 0 Å². The molecule has 0 aromatic heterocycles. The largest absolute Gasteiger partial charge is 0.310 e. The van der Waals surface area contributed by atoms with E-state index >= 15 is 0 Å². The second-order valence-electron chi connectivity index (χ2n) is 28.8. The van der Waals surface area contributed by atoms with Crippen LogP contribution in [0.25, 0.3) is 77.9 Å². The summed E-state index contributed by atoms with van der Waals surface area (Å²) in [6.07, 6.45) is 0. The first kappa shape index (κ1) is 52.3. The molecule has 0 fully saturated rings. The average molecular weight is 1180 g/mol. The van der Waals surface area contributed by atoms with E-state index in [-0.39, 0.29) is 16.2 Å². The normalized spacial score (nSPS) is 17.6. The molecule has 92 heavy (non-hydrogen) atoms. The molecule has 7 aliphatic rings. The van der Waals surface area contributed by atoms with E-state index in [1.165, 1.54) is 145 Å². The predicted molar refractivity (Wildman–Crippen MR) is 381 cm³/mol. The zero-order chi connectivity index (χ0) is 61.5. The molecular formula is C90H66N2. The first-order chi connectivity index (χ1) is 44.8. The molecule has 436 valence electrons. The highest BCUT2D eigenvalue weighted by molar-refractivity contribution is 6.03. The van der Waals surface area contributed by atoms with E-state index in [1.807, 2.05) is 0 Å². The maximum Gasteiger partial charge on any atom is 0.0725 e. The van der Waals surface area contributed by atoms with Crippen molar-refractivity contribution >= 4 is 34.1 Å². The molecule has 20 rings (SSSR count). The molecule has 13 aromatic carbocycles. The highest BCUT2D eigenvalue weighted by Gasteiger charge is 2.53. The van der Waals surface area contributed by atoms with Gasteiger partial charge in [0.2, 0.25) is 0 Å². The number of rotatable bonds is 3. The van der Waals surface area contributed by atoms with Crippen molar-refractivity contribution in [2.24, 2.45) is 0 Å². The third-order valence-electron chi connectivity index (χ3n) is 23.4. The lowest BCUT2D eigenvalue weighted by Crippen LogP contribution is -2.26. The number of anilines is 6. The summed E-state index contributed by atoms with van der Waals surface area (Å²) in [6, 6.07) is 106. The van der Waals surface area contributed by atoms with E-state index in [1.54, 1.807) is 0 Å². The van der Waals surface area contributed by atoms with Gasteiger partial charge in [-0.05, 0) is 224 Å². The number of hydrogen-bond donors (Lipinski definition) is 0. The fourth-order valence-electron chi connectivity index (χ4n) is 19.2. The number of fused-ring (bicyclic) bond motifs is 29. The summed E-state index contributed by atoms with van der Waals surface area (Å²) in [7, 11) is 0. The van der Waals surface area contributed by atoms with Gasteiger partial charge < -0.3 is 9.80 Å². The topological polar surface area (TPSA) is 6.48 Å². The van der Waals surface area contributed by atoms with Crippen LogP contribution in [0.2, 0.25) is 0 Å². The van der Waals surface area contributed by atoms with Crippen molar-refractivity contribution in [3.05, 3.63) is 345 Å². The monoisotopic (exact) mass is 1170 g/mol. The lowest BCUT2D eigenvalue weighted by Gasteiger charge is -2.37. The molecule has 1 spiro atoms. The van der Waals surface area contributed by atoms with E-state index in [9.17, 15) is 0 Å². The fraction of sp³-hybridized carbons (Fsp3) is 0.133. The summed E-state index contributed by atoms with van der Waals surface area (Å²) < 4.78 is 0. The van der Waals surface area contributed by atoms with Crippen LogP contribution in [0.5, 0.6) is 0 Å². The lowest BCUT2D eigenvalue weighted by atomic mass is 9.70. The van der Waals surface area contributed by atoms with Crippen molar-refractivity contribution in [2.75, 3.05) is 9.80 Å². The molecule has 0 amide bonds. The Morgan fingerprint density at radius 1 is 0.196 bits per heavy atom. The Morgan fingerprint density at radius 3 is 1.03 bits per heavy atom. The van der Waals surface area contributed by atoms with Gasteiger partial charge in [-0.3, -0.25) is 0 Å². The average Bonchev–Trinajstić information content (AvgIpc) is 1.51. The Morgan fingerprint density at radius 2 is 0.511 bits per heavy atom. The molecule has 13 aromatic rings. The molecule has 1 aliphatic heterocycles. The Balaban J connectivity index is 0.934. The number of nitrogens with zero attached hydrogens (tertiary/aromatic N) is 2. The van der Waals surface area contributed by atoms with Crippen LogP contribution in [0, 0.1) is 0 Å². The second-order valence-corrected chi connectivity index (χ2v) is 28.8. The highest BCUT2D eigenvalue weighted by Crippen LogP contribution is 2.66. The molecule has 0 N–H and O–H groups in total. The summed E-state index contributed by atoms with van der Waals surface area (Å²) in [5.74, 6) is 0. The van der Waals surface area contributed by atoms with E-state index < -0.39 is 10.8 Å². The van der Waals surface area contributed by atoms with Gasteiger partial charge in [-0.1, -0.05) is 248 Å². The van der Waals surface area contributed by atoms with Crippen LogP contribution < -0.4 is 9.80 Å². The van der Waals surface area contributed by atoms with Gasteiger partial charge in [0.15, 0.2) is 0 Å². The van der Waals surface area contributed by atoms with E-state index in [0.717, 1.165) is 39.7 Å². The molecule has 0 radical (unpaired) electrons. The van der Waals surface area contributed by atoms with Crippen molar-refractivity contribution in [2.45, 2.75) is 75.5 Å². The molecule has 1 unspecified atom stereocenters. The lowest BCUT2D eigenvalue weighted by molar-refractivity contribution is 0.656. The van der Waals surface area contributed by atoms with Gasteiger partial charge in [0.25, 0.3) is 0 Å². The minimum Gasteiger partial charge on any atom is -0.310 e. The Hall–Kier alpha value is -10.5. The maximum absolute atomic E-state index is 2.65. The summed E-state index contributed by atoms with van der Waals surface area (Å²) in [5.41, 5.74) is 40.4. The summed E-state index contributed by atoms with van der Waals surface area (Å²) in [5, 5.41) is 0. The molecular weight excluding hydrogens is 1110 g/mol. The van der Waals surface area contributed by atoms with Crippen LogP contribution in [-0.2, 0) is 27.1 Å². The van der Waals surface area contributed by atoms with Gasteiger partial charge >= 0.3 is 0 Å². The second kappa shape index (κ2) is 17.7. The van der Waals surface area contributed by atoms with Gasteiger partial charge in [0, 0.05) is 55.8 Å². The minimum absolute atomic E-state index is 0.226. The zero-order valence-corrected chi connectivity index (χ0v) is 52.9. The Bertz CT molecular complexity index is 5450. The van der Waals surface area contributed by atoms with Crippen molar-refractivity contribution in [3.8, 4) is 77.9 Å².